The van der Waals surface area contributed by atoms with Gasteiger partial charge in [-0.2, -0.15) is 0 Å². The summed E-state index contributed by atoms with van der Waals surface area (Å²) in [7, 11) is 0. The highest BCUT2D eigenvalue weighted by atomic mass is 79.9. The number of fused-ring (bicyclic) bond motifs is 3. The number of aromatic nitrogens is 3. The molecule has 1 amide bonds. The number of hydrogen-bond donors (Lipinski definition) is 0. The standard InChI is InChI=1S/C20H17BrN4O2S/c1-3-16(26)24-15-11-7-5-9-13(15)17-18(27)22-20(28-2)23-25(17)19(24)12-8-4-6-10-14(12)21/h4-11,19H,3H2,1-2H3. The summed E-state index contributed by atoms with van der Waals surface area (Å²) < 4.78 is 2.47. The third-order valence-corrected chi connectivity index (χ3v) is 5.91. The van der Waals surface area contributed by atoms with E-state index in [2.05, 4.69) is 26.0 Å². The second-order valence-electron chi connectivity index (χ2n) is 6.23. The van der Waals surface area contributed by atoms with Crippen molar-refractivity contribution in [3.63, 3.8) is 0 Å². The lowest BCUT2D eigenvalue weighted by molar-refractivity contribution is -0.764. The number of benzene rings is 2. The Balaban J connectivity index is 2.10. The fourth-order valence-corrected chi connectivity index (χ4v) is 4.26. The SMILES string of the molecule is CCC(=O)N1c2ccccc2-c2c([O-])nc(SC)n[n+]2C1c1ccccc1Br. The molecule has 142 valence electrons. The first-order chi connectivity index (χ1) is 13.6. The molecule has 0 saturated carbocycles. The van der Waals surface area contributed by atoms with Crippen LogP contribution in [0.2, 0.25) is 0 Å². The van der Waals surface area contributed by atoms with Gasteiger partial charge in [0.15, 0.2) is 0 Å². The first-order valence-electron chi connectivity index (χ1n) is 8.77. The second-order valence-corrected chi connectivity index (χ2v) is 7.85. The number of halogens is 1. The summed E-state index contributed by atoms with van der Waals surface area (Å²) in [4.78, 5) is 18.9. The molecule has 0 aliphatic carbocycles. The fraction of sp³-hybridized carbons (Fsp3) is 0.200. The minimum absolute atomic E-state index is 0.0527. The number of hydrogen-bond acceptors (Lipinski definition) is 5. The van der Waals surface area contributed by atoms with Gasteiger partial charge in [-0.1, -0.05) is 63.6 Å². The van der Waals surface area contributed by atoms with Crippen LogP contribution in [0.25, 0.3) is 11.3 Å². The van der Waals surface area contributed by atoms with Crippen molar-refractivity contribution in [2.75, 3.05) is 11.2 Å². The van der Waals surface area contributed by atoms with Crippen molar-refractivity contribution in [2.24, 2.45) is 0 Å². The molecule has 2 aromatic carbocycles. The quantitative estimate of drug-likeness (QED) is 0.446. The van der Waals surface area contributed by atoms with Crippen LogP contribution in [0.3, 0.4) is 0 Å². The molecule has 4 rings (SSSR count). The largest absolute Gasteiger partial charge is 0.854 e. The van der Waals surface area contributed by atoms with Gasteiger partial charge < -0.3 is 5.11 Å². The maximum atomic E-state index is 13.0. The van der Waals surface area contributed by atoms with Crippen LogP contribution in [0.5, 0.6) is 5.88 Å². The molecule has 1 aliphatic heterocycles. The number of thioether (sulfide) groups is 1. The van der Waals surface area contributed by atoms with Gasteiger partial charge in [-0.25, -0.2) is 9.88 Å². The second kappa shape index (κ2) is 7.52. The van der Waals surface area contributed by atoms with Crippen LogP contribution >= 0.6 is 27.7 Å². The lowest BCUT2D eigenvalue weighted by atomic mass is 10.0. The Morgan fingerprint density at radius 3 is 2.68 bits per heavy atom. The molecule has 6 nitrogen and oxygen atoms in total. The molecule has 28 heavy (non-hydrogen) atoms. The van der Waals surface area contributed by atoms with Crippen molar-refractivity contribution in [3.8, 4) is 17.1 Å². The van der Waals surface area contributed by atoms with Crippen molar-refractivity contribution in [3.05, 3.63) is 58.6 Å². The summed E-state index contributed by atoms with van der Waals surface area (Å²) in [6, 6.07) is 15.1. The monoisotopic (exact) mass is 456 g/mol. The first kappa shape index (κ1) is 18.9. The molecule has 0 bridgehead atoms. The van der Waals surface area contributed by atoms with Gasteiger partial charge in [0, 0.05) is 16.0 Å². The maximum Gasteiger partial charge on any atom is 0.294 e. The lowest BCUT2D eigenvalue weighted by Gasteiger charge is -2.33. The van der Waals surface area contributed by atoms with Gasteiger partial charge in [-0.3, -0.25) is 4.79 Å². The van der Waals surface area contributed by atoms with Crippen molar-refractivity contribution < 1.29 is 14.6 Å². The predicted octanol–water partition coefficient (Wildman–Crippen LogP) is 3.29. The van der Waals surface area contributed by atoms with Crippen LogP contribution in [0.1, 0.15) is 25.1 Å². The summed E-state index contributed by atoms with van der Waals surface area (Å²) in [5.41, 5.74) is 2.57. The third kappa shape index (κ3) is 2.97. The molecule has 0 fully saturated rings. The summed E-state index contributed by atoms with van der Waals surface area (Å²) >= 11 is 4.89. The summed E-state index contributed by atoms with van der Waals surface area (Å²) in [6.07, 6.45) is 1.56. The highest BCUT2D eigenvalue weighted by molar-refractivity contribution is 9.10. The number of para-hydroxylation sites is 1. The number of nitrogens with zero attached hydrogens (tertiary/aromatic N) is 4. The van der Waals surface area contributed by atoms with E-state index in [-0.39, 0.29) is 11.8 Å². The highest BCUT2D eigenvalue weighted by Crippen LogP contribution is 2.42. The van der Waals surface area contributed by atoms with Crippen molar-refractivity contribution in [1.29, 1.82) is 0 Å². The molecule has 1 aliphatic rings. The van der Waals surface area contributed by atoms with E-state index >= 15 is 0 Å². The smallest absolute Gasteiger partial charge is 0.294 e. The fourth-order valence-electron chi connectivity index (χ4n) is 3.43. The molecule has 3 aromatic rings. The van der Waals surface area contributed by atoms with Crippen LogP contribution in [-0.2, 0) is 4.79 Å². The van der Waals surface area contributed by atoms with Crippen molar-refractivity contribution in [1.82, 2.24) is 10.1 Å². The Morgan fingerprint density at radius 1 is 1.25 bits per heavy atom. The van der Waals surface area contributed by atoms with Gasteiger partial charge in [0.05, 0.1) is 22.7 Å². The number of carbonyl (C=O) groups is 1. The zero-order valence-corrected chi connectivity index (χ0v) is 17.7. The highest BCUT2D eigenvalue weighted by Gasteiger charge is 2.44. The zero-order chi connectivity index (χ0) is 19.8. The molecule has 0 radical (unpaired) electrons. The van der Waals surface area contributed by atoms with E-state index in [0.29, 0.717) is 28.5 Å². The molecule has 1 aromatic heterocycles. The Bertz CT molecular complexity index is 1080. The molecular formula is C20H17BrN4O2S. The third-order valence-electron chi connectivity index (χ3n) is 4.65. The Labute approximate surface area is 175 Å². The zero-order valence-electron chi connectivity index (χ0n) is 15.3. The molecule has 1 atom stereocenters. The Morgan fingerprint density at radius 2 is 1.96 bits per heavy atom. The topological polar surface area (TPSA) is 73.0 Å². The molecule has 0 N–H and O–H groups in total. The molecular weight excluding hydrogens is 440 g/mol. The predicted molar refractivity (Wildman–Crippen MR) is 109 cm³/mol. The summed E-state index contributed by atoms with van der Waals surface area (Å²) in [5, 5.41) is 17.9. The normalized spacial score (nSPS) is 15.1. The summed E-state index contributed by atoms with van der Waals surface area (Å²) in [5.74, 6) is -0.407. The van der Waals surface area contributed by atoms with Crippen molar-refractivity contribution >= 4 is 39.3 Å². The van der Waals surface area contributed by atoms with Crippen LogP contribution in [0.4, 0.5) is 5.69 Å². The van der Waals surface area contributed by atoms with Gasteiger partial charge in [-0.05, 0) is 30.5 Å². The Kier molecular flexibility index (Phi) is 5.07. The van der Waals surface area contributed by atoms with Gasteiger partial charge in [0.25, 0.3) is 17.0 Å². The molecule has 2 heterocycles. The van der Waals surface area contributed by atoms with E-state index in [4.69, 9.17) is 0 Å². The van der Waals surface area contributed by atoms with Crippen LogP contribution in [0, 0.1) is 0 Å². The van der Waals surface area contributed by atoms with Crippen molar-refractivity contribution in [2.45, 2.75) is 24.7 Å². The van der Waals surface area contributed by atoms with E-state index in [1.807, 2.05) is 61.7 Å². The van der Waals surface area contributed by atoms with E-state index in [1.54, 1.807) is 9.58 Å². The molecule has 1 unspecified atom stereocenters. The number of anilines is 1. The first-order valence-corrected chi connectivity index (χ1v) is 10.8. The van der Waals surface area contributed by atoms with Gasteiger partial charge >= 0.3 is 0 Å². The average Bonchev–Trinajstić information content (AvgIpc) is 2.72. The molecule has 0 spiro atoms. The van der Waals surface area contributed by atoms with E-state index < -0.39 is 6.17 Å². The minimum Gasteiger partial charge on any atom is -0.854 e. The van der Waals surface area contributed by atoms with E-state index in [1.165, 1.54) is 11.8 Å². The van der Waals surface area contributed by atoms with Crippen LogP contribution in [-0.4, -0.2) is 22.2 Å². The maximum absolute atomic E-state index is 13.0. The number of rotatable bonds is 3. The van der Waals surface area contributed by atoms with Gasteiger partial charge in [0.1, 0.15) is 0 Å². The van der Waals surface area contributed by atoms with E-state index in [9.17, 15) is 9.90 Å². The average molecular weight is 457 g/mol. The molecule has 8 heteroatoms. The number of amides is 1. The number of carbonyl (C=O) groups excluding carboxylic acids is 1. The van der Waals surface area contributed by atoms with Gasteiger partial charge in [0.2, 0.25) is 5.91 Å². The summed E-state index contributed by atoms with van der Waals surface area (Å²) in [6.45, 7) is 1.83. The van der Waals surface area contributed by atoms with Gasteiger partial charge in [-0.15, -0.1) is 0 Å². The molecule has 0 saturated heterocycles. The van der Waals surface area contributed by atoms with E-state index in [0.717, 1.165) is 10.0 Å². The van der Waals surface area contributed by atoms with Crippen LogP contribution < -0.4 is 14.7 Å². The van der Waals surface area contributed by atoms with Crippen LogP contribution in [0.15, 0.2) is 58.2 Å². The minimum atomic E-state index is -0.588. The Hall–Kier alpha value is -2.45. The lowest BCUT2D eigenvalue weighted by Crippen LogP contribution is -2.59.